The maximum absolute atomic E-state index is 11.6. The zero-order valence-corrected chi connectivity index (χ0v) is 12.3. The SMILES string of the molecule is CC(C)CC(=O)NCC(c1ccco1)N(C)C.Cl. The van der Waals surface area contributed by atoms with Crippen LogP contribution in [0.2, 0.25) is 0 Å². The van der Waals surface area contributed by atoms with Crippen molar-refractivity contribution in [1.29, 1.82) is 0 Å². The van der Waals surface area contributed by atoms with Crippen LogP contribution in [0.5, 0.6) is 0 Å². The first-order valence-corrected chi connectivity index (χ1v) is 5.97. The Kier molecular flexibility index (Phi) is 7.71. The van der Waals surface area contributed by atoms with Crippen molar-refractivity contribution < 1.29 is 9.21 Å². The van der Waals surface area contributed by atoms with Gasteiger partial charge in [0.2, 0.25) is 5.91 Å². The molecule has 1 heterocycles. The molecule has 1 rings (SSSR count). The Morgan fingerprint density at radius 2 is 2.11 bits per heavy atom. The molecule has 4 nitrogen and oxygen atoms in total. The van der Waals surface area contributed by atoms with E-state index in [4.69, 9.17) is 4.42 Å². The van der Waals surface area contributed by atoms with E-state index in [9.17, 15) is 4.79 Å². The van der Waals surface area contributed by atoms with Crippen LogP contribution in [0.4, 0.5) is 0 Å². The van der Waals surface area contributed by atoms with Crippen molar-refractivity contribution in [3.8, 4) is 0 Å². The minimum absolute atomic E-state index is 0. The maximum atomic E-state index is 11.6. The first-order chi connectivity index (χ1) is 8.00. The minimum atomic E-state index is 0. The molecule has 0 aromatic carbocycles. The lowest BCUT2D eigenvalue weighted by atomic mass is 10.1. The normalized spacial score (nSPS) is 12.3. The number of nitrogens with one attached hydrogen (secondary N) is 1. The number of amides is 1. The van der Waals surface area contributed by atoms with Crippen LogP contribution in [0.1, 0.15) is 32.1 Å². The zero-order valence-electron chi connectivity index (χ0n) is 11.5. The molecule has 0 aliphatic rings. The van der Waals surface area contributed by atoms with Crippen LogP contribution >= 0.6 is 12.4 Å². The second kappa shape index (κ2) is 8.16. The number of halogens is 1. The van der Waals surface area contributed by atoms with E-state index in [1.54, 1.807) is 6.26 Å². The van der Waals surface area contributed by atoms with E-state index in [0.717, 1.165) is 5.76 Å². The van der Waals surface area contributed by atoms with Crippen LogP contribution in [0.3, 0.4) is 0 Å². The Labute approximate surface area is 115 Å². The summed E-state index contributed by atoms with van der Waals surface area (Å²) in [5, 5.41) is 2.94. The molecule has 1 aromatic rings. The van der Waals surface area contributed by atoms with Crippen molar-refractivity contribution in [2.75, 3.05) is 20.6 Å². The van der Waals surface area contributed by atoms with Crippen LogP contribution in [-0.4, -0.2) is 31.4 Å². The fraction of sp³-hybridized carbons (Fsp3) is 0.615. The predicted octanol–water partition coefficient (Wildman–Crippen LogP) is 2.47. The Balaban J connectivity index is 0.00000289. The average Bonchev–Trinajstić information content (AvgIpc) is 2.69. The molecule has 1 atom stereocenters. The lowest BCUT2D eigenvalue weighted by Gasteiger charge is -2.22. The second-order valence-corrected chi connectivity index (χ2v) is 4.90. The Hall–Kier alpha value is -1.00. The molecule has 0 aliphatic heterocycles. The van der Waals surface area contributed by atoms with Gasteiger partial charge in [-0.25, -0.2) is 0 Å². The van der Waals surface area contributed by atoms with E-state index < -0.39 is 0 Å². The number of hydrogen-bond acceptors (Lipinski definition) is 3. The number of carbonyl (C=O) groups excluding carboxylic acids is 1. The second-order valence-electron chi connectivity index (χ2n) is 4.90. The van der Waals surface area contributed by atoms with Gasteiger partial charge in [0.05, 0.1) is 12.3 Å². The monoisotopic (exact) mass is 274 g/mol. The van der Waals surface area contributed by atoms with Crippen molar-refractivity contribution in [3.63, 3.8) is 0 Å². The predicted molar refractivity (Wildman–Crippen MR) is 74.8 cm³/mol. The summed E-state index contributed by atoms with van der Waals surface area (Å²) in [5.74, 6) is 1.36. The van der Waals surface area contributed by atoms with Gasteiger partial charge in [-0.2, -0.15) is 0 Å². The highest BCUT2D eigenvalue weighted by molar-refractivity contribution is 5.85. The van der Waals surface area contributed by atoms with Crippen LogP contribution in [0.25, 0.3) is 0 Å². The zero-order chi connectivity index (χ0) is 12.8. The van der Waals surface area contributed by atoms with Crippen LogP contribution in [0, 0.1) is 5.92 Å². The van der Waals surface area contributed by atoms with E-state index in [1.807, 2.05) is 45.0 Å². The molecule has 0 aliphatic carbocycles. The van der Waals surface area contributed by atoms with Crippen molar-refractivity contribution in [2.45, 2.75) is 26.3 Å². The third-order valence-electron chi connectivity index (χ3n) is 2.58. The molecule has 0 bridgehead atoms. The molecule has 1 aromatic heterocycles. The summed E-state index contributed by atoms with van der Waals surface area (Å²) >= 11 is 0. The van der Waals surface area contributed by atoms with Gasteiger partial charge in [0.15, 0.2) is 0 Å². The summed E-state index contributed by atoms with van der Waals surface area (Å²) < 4.78 is 5.38. The topological polar surface area (TPSA) is 45.5 Å². The van der Waals surface area contributed by atoms with Crippen molar-refractivity contribution in [2.24, 2.45) is 5.92 Å². The van der Waals surface area contributed by atoms with Gasteiger partial charge in [0.1, 0.15) is 5.76 Å². The van der Waals surface area contributed by atoms with E-state index in [0.29, 0.717) is 18.9 Å². The number of carbonyl (C=O) groups is 1. The smallest absolute Gasteiger partial charge is 0.220 e. The van der Waals surface area contributed by atoms with Crippen molar-refractivity contribution in [3.05, 3.63) is 24.2 Å². The summed E-state index contributed by atoms with van der Waals surface area (Å²) in [5.41, 5.74) is 0. The summed E-state index contributed by atoms with van der Waals surface area (Å²) in [7, 11) is 3.95. The number of hydrogen-bond donors (Lipinski definition) is 1. The van der Waals surface area contributed by atoms with E-state index in [1.165, 1.54) is 0 Å². The van der Waals surface area contributed by atoms with Crippen LogP contribution in [-0.2, 0) is 4.79 Å². The molecule has 0 saturated heterocycles. The highest BCUT2D eigenvalue weighted by Crippen LogP contribution is 2.17. The molecule has 1 amide bonds. The van der Waals surface area contributed by atoms with E-state index in [-0.39, 0.29) is 24.4 Å². The van der Waals surface area contributed by atoms with Gasteiger partial charge < -0.3 is 9.73 Å². The fourth-order valence-electron chi connectivity index (χ4n) is 1.67. The Morgan fingerprint density at radius 3 is 2.56 bits per heavy atom. The average molecular weight is 275 g/mol. The number of likely N-dealkylation sites (N-methyl/N-ethyl adjacent to an activating group) is 1. The molecule has 104 valence electrons. The van der Waals surface area contributed by atoms with Crippen LogP contribution in [0.15, 0.2) is 22.8 Å². The number of nitrogens with zero attached hydrogens (tertiary/aromatic N) is 1. The summed E-state index contributed by atoms with van der Waals surface area (Å²) in [6, 6.07) is 3.88. The third-order valence-corrected chi connectivity index (χ3v) is 2.58. The molecular weight excluding hydrogens is 252 g/mol. The van der Waals surface area contributed by atoms with Gasteiger partial charge in [0, 0.05) is 13.0 Å². The molecule has 0 radical (unpaired) electrons. The molecule has 0 saturated carbocycles. The van der Waals surface area contributed by atoms with E-state index >= 15 is 0 Å². The lowest BCUT2D eigenvalue weighted by molar-refractivity contribution is -0.122. The molecule has 0 fully saturated rings. The van der Waals surface area contributed by atoms with Crippen LogP contribution < -0.4 is 5.32 Å². The number of furan rings is 1. The first-order valence-electron chi connectivity index (χ1n) is 5.97. The summed E-state index contributed by atoms with van der Waals surface area (Å²) in [6.45, 7) is 4.65. The third kappa shape index (κ3) is 5.56. The standard InChI is InChI=1S/C13H22N2O2.ClH/c1-10(2)8-13(16)14-9-11(15(3)4)12-6-5-7-17-12;/h5-7,10-11H,8-9H2,1-4H3,(H,14,16);1H. The molecule has 1 unspecified atom stereocenters. The molecule has 0 spiro atoms. The summed E-state index contributed by atoms with van der Waals surface area (Å²) in [4.78, 5) is 13.6. The highest BCUT2D eigenvalue weighted by Gasteiger charge is 2.17. The van der Waals surface area contributed by atoms with Gasteiger partial charge in [0.25, 0.3) is 0 Å². The molecular formula is C13H23ClN2O2. The largest absolute Gasteiger partial charge is 0.468 e. The lowest BCUT2D eigenvalue weighted by Crippen LogP contribution is -2.34. The maximum Gasteiger partial charge on any atom is 0.220 e. The molecule has 1 N–H and O–H groups in total. The fourth-order valence-corrected chi connectivity index (χ4v) is 1.67. The Bertz CT molecular complexity index is 337. The van der Waals surface area contributed by atoms with Gasteiger partial charge in [-0.1, -0.05) is 13.8 Å². The number of rotatable bonds is 6. The molecule has 18 heavy (non-hydrogen) atoms. The van der Waals surface area contributed by atoms with Gasteiger partial charge >= 0.3 is 0 Å². The highest BCUT2D eigenvalue weighted by atomic mass is 35.5. The van der Waals surface area contributed by atoms with Gasteiger partial charge in [-0.05, 0) is 32.1 Å². The van der Waals surface area contributed by atoms with Gasteiger partial charge in [-0.3, -0.25) is 9.69 Å². The Morgan fingerprint density at radius 1 is 1.44 bits per heavy atom. The van der Waals surface area contributed by atoms with Crippen molar-refractivity contribution >= 4 is 18.3 Å². The summed E-state index contributed by atoms with van der Waals surface area (Å²) in [6.07, 6.45) is 2.22. The minimum Gasteiger partial charge on any atom is -0.468 e. The molecule has 5 heteroatoms. The van der Waals surface area contributed by atoms with Crippen molar-refractivity contribution in [1.82, 2.24) is 10.2 Å². The van der Waals surface area contributed by atoms with E-state index in [2.05, 4.69) is 5.32 Å². The quantitative estimate of drug-likeness (QED) is 0.867. The first kappa shape index (κ1) is 17.0. The van der Waals surface area contributed by atoms with Gasteiger partial charge in [-0.15, -0.1) is 12.4 Å².